The lowest BCUT2D eigenvalue weighted by atomic mass is 10.1. The zero-order valence-corrected chi connectivity index (χ0v) is 22.8. The summed E-state index contributed by atoms with van der Waals surface area (Å²) in [5, 5.41) is 2.66. The second kappa shape index (κ2) is 13.1. The Bertz CT molecular complexity index is 1330. The molecule has 0 aromatic heterocycles. The Hall–Kier alpha value is -4.05. The van der Waals surface area contributed by atoms with Crippen molar-refractivity contribution in [2.24, 2.45) is 4.99 Å². The lowest BCUT2D eigenvalue weighted by molar-refractivity contribution is -0.128. The van der Waals surface area contributed by atoms with Crippen LogP contribution in [0.25, 0.3) is 0 Å². The lowest BCUT2D eigenvalue weighted by Crippen LogP contribution is -2.35. The molecule has 1 aliphatic heterocycles. The molecular formula is C29H30FN3O5S. The van der Waals surface area contributed by atoms with Gasteiger partial charge < -0.3 is 19.5 Å². The van der Waals surface area contributed by atoms with Crippen LogP contribution in [-0.4, -0.2) is 54.5 Å². The lowest BCUT2D eigenvalue weighted by Gasteiger charge is -2.17. The number of hydrogen-bond acceptors (Lipinski definition) is 7. The highest BCUT2D eigenvalue weighted by Gasteiger charge is 2.39. The van der Waals surface area contributed by atoms with Gasteiger partial charge in [-0.1, -0.05) is 17.8 Å². The number of anilines is 1. The zero-order valence-electron chi connectivity index (χ0n) is 22.0. The molecule has 0 unspecified atom stereocenters. The van der Waals surface area contributed by atoms with Crippen LogP contribution in [-0.2, 0) is 16.0 Å². The number of nitrogens with one attached hydrogen (secondary N) is 1. The van der Waals surface area contributed by atoms with Gasteiger partial charge in [0.25, 0.3) is 0 Å². The summed E-state index contributed by atoms with van der Waals surface area (Å²) in [5.41, 5.74) is 2.08. The summed E-state index contributed by atoms with van der Waals surface area (Å²) in [6, 6.07) is 18.4. The molecule has 4 rings (SSSR count). The molecule has 1 saturated heterocycles. The van der Waals surface area contributed by atoms with Crippen LogP contribution in [0.1, 0.15) is 18.9 Å². The van der Waals surface area contributed by atoms with Crippen molar-refractivity contribution in [1.82, 2.24) is 4.90 Å². The van der Waals surface area contributed by atoms with Crippen molar-refractivity contribution in [2.75, 3.05) is 32.7 Å². The fourth-order valence-corrected chi connectivity index (χ4v) is 5.20. The molecule has 0 radical (unpaired) electrons. The minimum Gasteiger partial charge on any atom is -0.494 e. The second-order valence-electron chi connectivity index (χ2n) is 8.62. The molecule has 1 atom stereocenters. The number of ether oxygens (including phenoxy) is 3. The van der Waals surface area contributed by atoms with E-state index < -0.39 is 5.25 Å². The van der Waals surface area contributed by atoms with Gasteiger partial charge in [0.15, 0.2) is 16.7 Å². The quantitative estimate of drug-likeness (QED) is 0.341. The Morgan fingerprint density at radius 2 is 1.74 bits per heavy atom. The summed E-state index contributed by atoms with van der Waals surface area (Å²) >= 11 is 1.23. The molecule has 1 fully saturated rings. The van der Waals surface area contributed by atoms with E-state index in [4.69, 9.17) is 14.2 Å². The number of carbonyl (C=O) groups is 2. The Kier molecular flexibility index (Phi) is 9.43. The first-order chi connectivity index (χ1) is 18.9. The number of amidine groups is 1. The maximum atomic E-state index is 13.4. The van der Waals surface area contributed by atoms with E-state index in [-0.39, 0.29) is 24.1 Å². The highest BCUT2D eigenvalue weighted by Crippen LogP contribution is 2.33. The summed E-state index contributed by atoms with van der Waals surface area (Å²) in [6.45, 7) is 2.80. The van der Waals surface area contributed by atoms with Crippen LogP contribution < -0.4 is 19.5 Å². The van der Waals surface area contributed by atoms with Gasteiger partial charge in [-0.15, -0.1) is 0 Å². The van der Waals surface area contributed by atoms with E-state index in [1.165, 1.54) is 23.9 Å². The fourth-order valence-electron chi connectivity index (χ4n) is 4.02. The number of rotatable bonds is 11. The number of carbonyl (C=O) groups excluding carboxylic acids is 2. The third-order valence-corrected chi connectivity index (χ3v) is 7.14. The number of aliphatic imine (C=N–C) groups is 1. The van der Waals surface area contributed by atoms with Crippen molar-refractivity contribution in [1.29, 1.82) is 0 Å². The normalized spacial score (nSPS) is 15.9. The van der Waals surface area contributed by atoms with Crippen LogP contribution in [0.5, 0.6) is 17.2 Å². The Labute approximate surface area is 231 Å². The number of methoxy groups -OCH3 is 2. The highest BCUT2D eigenvalue weighted by molar-refractivity contribution is 8.15. The minimum atomic E-state index is -0.641. The van der Waals surface area contributed by atoms with Gasteiger partial charge in [-0.2, -0.15) is 0 Å². The second-order valence-corrected chi connectivity index (χ2v) is 9.79. The monoisotopic (exact) mass is 551 g/mol. The topological polar surface area (TPSA) is 89.5 Å². The van der Waals surface area contributed by atoms with Crippen molar-refractivity contribution < 1.29 is 28.2 Å². The molecule has 8 nitrogen and oxygen atoms in total. The first-order valence-electron chi connectivity index (χ1n) is 12.5. The SMILES string of the molecule is CCOc1ccc(NC(=O)C[C@@H]2SC(=Nc3ccc(F)cc3)N(CCc3ccc(OC)c(OC)c3)C2=O)cc1. The molecule has 10 heteroatoms. The molecule has 0 spiro atoms. The molecule has 2 amide bonds. The molecule has 3 aromatic rings. The number of benzene rings is 3. The van der Waals surface area contributed by atoms with E-state index in [0.717, 1.165) is 5.56 Å². The number of nitrogens with zero attached hydrogens (tertiary/aromatic N) is 2. The summed E-state index contributed by atoms with van der Waals surface area (Å²) in [5.74, 6) is 1.07. The van der Waals surface area contributed by atoms with Gasteiger partial charge in [0, 0.05) is 18.7 Å². The first-order valence-corrected chi connectivity index (χ1v) is 13.3. The number of thioether (sulfide) groups is 1. The number of hydrogen-bond donors (Lipinski definition) is 1. The number of amides is 2. The van der Waals surface area contributed by atoms with E-state index in [0.29, 0.717) is 53.4 Å². The van der Waals surface area contributed by atoms with Gasteiger partial charge in [0.05, 0.1) is 26.5 Å². The molecule has 1 aliphatic rings. The van der Waals surface area contributed by atoms with Gasteiger partial charge in [-0.3, -0.25) is 14.5 Å². The first kappa shape index (κ1) is 28.0. The van der Waals surface area contributed by atoms with Gasteiger partial charge in [-0.25, -0.2) is 9.38 Å². The van der Waals surface area contributed by atoms with Crippen LogP contribution in [0.2, 0.25) is 0 Å². The molecule has 0 aliphatic carbocycles. The van der Waals surface area contributed by atoms with Gasteiger partial charge in [0.1, 0.15) is 16.8 Å². The van der Waals surface area contributed by atoms with Crippen LogP contribution in [0.15, 0.2) is 71.7 Å². The summed E-state index contributed by atoms with van der Waals surface area (Å²) in [7, 11) is 3.14. The summed E-state index contributed by atoms with van der Waals surface area (Å²) in [6.07, 6.45) is 0.506. The third-order valence-electron chi connectivity index (χ3n) is 5.96. The fraction of sp³-hybridized carbons (Fsp3) is 0.276. The van der Waals surface area contributed by atoms with Crippen LogP contribution in [0.4, 0.5) is 15.8 Å². The average Bonchev–Trinajstić information content (AvgIpc) is 3.22. The Balaban J connectivity index is 1.48. The molecule has 204 valence electrons. The number of halogens is 1. The molecule has 1 N–H and O–H groups in total. The van der Waals surface area contributed by atoms with E-state index in [9.17, 15) is 14.0 Å². The predicted octanol–water partition coefficient (Wildman–Crippen LogP) is 5.44. The Morgan fingerprint density at radius 1 is 1.03 bits per heavy atom. The van der Waals surface area contributed by atoms with Crippen LogP contribution in [0.3, 0.4) is 0 Å². The van der Waals surface area contributed by atoms with Crippen molar-refractivity contribution in [3.63, 3.8) is 0 Å². The maximum absolute atomic E-state index is 13.4. The van der Waals surface area contributed by atoms with Crippen molar-refractivity contribution in [3.05, 3.63) is 78.1 Å². The highest BCUT2D eigenvalue weighted by atomic mass is 32.2. The molecular weight excluding hydrogens is 521 g/mol. The van der Waals surface area contributed by atoms with E-state index in [1.807, 2.05) is 25.1 Å². The largest absolute Gasteiger partial charge is 0.494 e. The standard InChI is InChI=1S/C29H30FN3O5S/c1-4-38-23-12-10-21(11-13-23)31-27(34)18-26-28(35)33(29(39-26)32-22-8-6-20(30)7-9-22)16-15-19-5-14-24(36-2)25(17-19)37-3/h5-14,17,26H,4,15-16,18H2,1-3H3,(H,31,34)/t26-/m0/s1. The molecule has 0 saturated carbocycles. The minimum absolute atomic E-state index is 0.0218. The van der Waals surface area contributed by atoms with Crippen LogP contribution in [0, 0.1) is 5.82 Å². The predicted molar refractivity (Wildman–Crippen MR) is 151 cm³/mol. The van der Waals surface area contributed by atoms with Gasteiger partial charge >= 0.3 is 0 Å². The van der Waals surface area contributed by atoms with E-state index >= 15 is 0 Å². The summed E-state index contributed by atoms with van der Waals surface area (Å²) in [4.78, 5) is 32.4. The van der Waals surface area contributed by atoms with E-state index in [2.05, 4.69) is 10.3 Å². The molecule has 39 heavy (non-hydrogen) atoms. The smallest absolute Gasteiger partial charge is 0.242 e. The maximum Gasteiger partial charge on any atom is 0.242 e. The third kappa shape index (κ3) is 7.29. The van der Waals surface area contributed by atoms with Crippen molar-refractivity contribution >= 4 is 40.1 Å². The van der Waals surface area contributed by atoms with E-state index in [1.54, 1.807) is 55.5 Å². The van der Waals surface area contributed by atoms with Crippen LogP contribution >= 0.6 is 11.8 Å². The average molecular weight is 552 g/mol. The summed E-state index contributed by atoms with van der Waals surface area (Å²) < 4.78 is 29.5. The zero-order chi connectivity index (χ0) is 27.8. The van der Waals surface area contributed by atoms with Gasteiger partial charge in [0.2, 0.25) is 11.8 Å². The molecule has 1 heterocycles. The van der Waals surface area contributed by atoms with Crippen molar-refractivity contribution in [3.8, 4) is 17.2 Å². The van der Waals surface area contributed by atoms with Crippen molar-refractivity contribution in [2.45, 2.75) is 25.0 Å². The molecule has 3 aromatic carbocycles. The Morgan fingerprint density at radius 3 is 2.41 bits per heavy atom. The van der Waals surface area contributed by atoms with Gasteiger partial charge in [-0.05, 0) is 79.6 Å². The molecule has 0 bridgehead atoms.